The summed E-state index contributed by atoms with van der Waals surface area (Å²) in [5.41, 5.74) is 0. The van der Waals surface area contributed by atoms with Crippen LogP contribution in [0.3, 0.4) is 0 Å². The van der Waals surface area contributed by atoms with E-state index in [0.29, 0.717) is 0 Å². The van der Waals surface area contributed by atoms with Crippen molar-refractivity contribution in [3.63, 3.8) is 0 Å². The number of alkyl halides is 1. The van der Waals surface area contributed by atoms with E-state index in [4.69, 9.17) is 16.3 Å². The quantitative estimate of drug-likeness (QED) is 0.723. The first kappa shape index (κ1) is 11.0. The van der Waals surface area contributed by atoms with Crippen LogP contribution in [0.5, 0.6) is 5.75 Å². The van der Waals surface area contributed by atoms with Gasteiger partial charge in [0.15, 0.2) is 23.5 Å². The van der Waals surface area contributed by atoms with Crippen molar-refractivity contribution in [3.8, 4) is 5.75 Å². The fraction of sp³-hybridized carbons (Fsp3) is 0.300. The molecule has 0 N–H and O–H groups in total. The Morgan fingerprint density at radius 2 is 2.21 bits per heavy atom. The molecule has 0 aromatic heterocycles. The number of benzene rings is 1. The van der Waals surface area contributed by atoms with Crippen molar-refractivity contribution in [3.05, 3.63) is 30.1 Å². The molecule has 0 aliphatic carbocycles. The number of carbonyl (C=O) groups excluding carboxylic acids is 1. The number of ether oxygens (including phenoxy) is 1. The van der Waals surface area contributed by atoms with Crippen LogP contribution in [0.2, 0.25) is 0 Å². The molecule has 0 aliphatic heterocycles. The molecule has 1 atom stereocenters. The van der Waals surface area contributed by atoms with Crippen LogP contribution in [0.25, 0.3) is 0 Å². The van der Waals surface area contributed by atoms with E-state index in [1.807, 2.05) is 0 Å². The number of halogens is 2. The molecule has 0 spiro atoms. The molecule has 1 aromatic rings. The lowest BCUT2D eigenvalue weighted by atomic mass is 10.3. The van der Waals surface area contributed by atoms with E-state index in [-0.39, 0.29) is 17.4 Å². The summed E-state index contributed by atoms with van der Waals surface area (Å²) >= 11 is 5.33. The van der Waals surface area contributed by atoms with E-state index in [1.54, 1.807) is 12.1 Å². The van der Waals surface area contributed by atoms with Gasteiger partial charge in [-0.2, -0.15) is 0 Å². The van der Waals surface area contributed by atoms with Crippen molar-refractivity contribution in [1.82, 2.24) is 0 Å². The maximum atomic E-state index is 13.0. The average molecular weight is 217 g/mol. The maximum Gasteiger partial charge on any atom is 0.187 e. The fourth-order valence-corrected chi connectivity index (χ4v) is 1.12. The molecule has 1 aromatic carbocycles. The molecular formula is C10H10ClFO2. The number of hydrogen-bond donors (Lipinski definition) is 0. The van der Waals surface area contributed by atoms with Crippen LogP contribution < -0.4 is 4.74 Å². The van der Waals surface area contributed by atoms with Crippen LogP contribution in [-0.2, 0) is 4.79 Å². The Balaban J connectivity index is 2.69. The van der Waals surface area contributed by atoms with Crippen LogP contribution in [0.15, 0.2) is 24.3 Å². The van der Waals surface area contributed by atoms with Crippen molar-refractivity contribution >= 4 is 17.4 Å². The first-order valence-corrected chi connectivity index (χ1v) is 4.68. The molecule has 0 saturated heterocycles. The van der Waals surface area contributed by atoms with Gasteiger partial charge in [-0.05, 0) is 19.1 Å². The zero-order valence-electron chi connectivity index (χ0n) is 7.67. The van der Waals surface area contributed by atoms with Gasteiger partial charge < -0.3 is 4.74 Å². The highest BCUT2D eigenvalue weighted by Gasteiger charge is 2.14. The number of para-hydroxylation sites is 1. The van der Waals surface area contributed by atoms with Crippen LogP contribution in [0.1, 0.15) is 6.92 Å². The Bertz CT molecular complexity index is 328. The number of carbonyl (C=O) groups is 1. The largest absolute Gasteiger partial charge is 0.480 e. The van der Waals surface area contributed by atoms with Gasteiger partial charge in [-0.15, -0.1) is 11.6 Å². The van der Waals surface area contributed by atoms with E-state index in [9.17, 15) is 9.18 Å². The molecule has 1 rings (SSSR count). The van der Waals surface area contributed by atoms with Crippen molar-refractivity contribution in [2.24, 2.45) is 0 Å². The molecule has 4 heteroatoms. The Hall–Kier alpha value is -1.09. The lowest BCUT2D eigenvalue weighted by Gasteiger charge is -2.12. The van der Waals surface area contributed by atoms with E-state index >= 15 is 0 Å². The van der Waals surface area contributed by atoms with Crippen molar-refractivity contribution in [2.75, 3.05) is 5.88 Å². The maximum absolute atomic E-state index is 13.0. The molecule has 0 amide bonds. The molecular weight excluding hydrogens is 207 g/mol. The van der Waals surface area contributed by atoms with Crippen molar-refractivity contribution < 1.29 is 13.9 Å². The molecule has 0 fully saturated rings. The smallest absolute Gasteiger partial charge is 0.187 e. The number of Topliss-reactive ketones (excluding diaryl/α,β-unsaturated/α-hetero) is 1. The van der Waals surface area contributed by atoms with Gasteiger partial charge in [0, 0.05) is 0 Å². The van der Waals surface area contributed by atoms with Gasteiger partial charge in [0.1, 0.15) is 0 Å². The number of ketones is 1. The summed E-state index contributed by atoms with van der Waals surface area (Å²) < 4.78 is 18.1. The minimum atomic E-state index is -0.718. The Kier molecular flexibility index (Phi) is 3.89. The number of rotatable bonds is 4. The molecule has 1 unspecified atom stereocenters. The van der Waals surface area contributed by atoms with Crippen molar-refractivity contribution in [1.29, 1.82) is 0 Å². The molecule has 0 saturated carbocycles. The van der Waals surface area contributed by atoms with Gasteiger partial charge in [0.05, 0.1) is 5.88 Å². The predicted octanol–water partition coefficient (Wildman–Crippen LogP) is 2.40. The van der Waals surface area contributed by atoms with E-state index in [2.05, 4.69) is 0 Å². The third-order valence-corrected chi connectivity index (χ3v) is 1.99. The number of hydrogen-bond acceptors (Lipinski definition) is 2. The first-order valence-electron chi connectivity index (χ1n) is 4.15. The van der Waals surface area contributed by atoms with Crippen LogP contribution in [0.4, 0.5) is 4.39 Å². The lowest BCUT2D eigenvalue weighted by Crippen LogP contribution is -2.25. The second-order valence-electron chi connectivity index (χ2n) is 2.79. The molecule has 0 bridgehead atoms. The Morgan fingerprint density at radius 3 is 2.79 bits per heavy atom. The summed E-state index contributed by atoms with van der Waals surface area (Å²) in [5, 5.41) is 0. The van der Waals surface area contributed by atoms with Gasteiger partial charge in [0.2, 0.25) is 0 Å². The normalized spacial score (nSPS) is 12.2. The Labute approximate surface area is 86.6 Å². The van der Waals surface area contributed by atoms with E-state index in [1.165, 1.54) is 19.1 Å². The minimum absolute atomic E-state index is 0.0680. The summed E-state index contributed by atoms with van der Waals surface area (Å²) in [6.07, 6.45) is -0.718. The molecule has 14 heavy (non-hydrogen) atoms. The molecule has 0 heterocycles. The third-order valence-electron chi connectivity index (χ3n) is 1.73. The van der Waals surface area contributed by atoms with Crippen molar-refractivity contribution in [2.45, 2.75) is 13.0 Å². The van der Waals surface area contributed by atoms with Gasteiger partial charge >= 0.3 is 0 Å². The van der Waals surface area contributed by atoms with Gasteiger partial charge in [-0.25, -0.2) is 4.39 Å². The SMILES string of the molecule is CC(Oc1ccccc1F)C(=O)CCl. The zero-order valence-corrected chi connectivity index (χ0v) is 8.42. The lowest BCUT2D eigenvalue weighted by molar-refractivity contribution is -0.122. The first-order chi connectivity index (χ1) is 6.65. The standard InChI is InChI=1S/C10H10ClFO2/c1-7(9(13)6-11)14-10-5-3-2-4-8(10)12/h2-5,7H,6H2,1H3. The summed E-state index contributed by atoms with van der Waals surface area (Å²) in [7, 11) is 0. The second kappa shape index (κ2) is 4.96. The topological polar surface area (TPSA) is 26.3 Å². The van der Waals surface area contributed by atoms with Crippen LogP contribution >= 0.6 is 11.6 Å². The average Bonchev–Trinajstić information content (AvgIpc) is 2.20. The molecule has 0 radical (unpaired) electrons. The molecule has 2 nitrogen and oxygen atoms in total. The summed E-state index contributed by atoms with van der Waals surface area (Å²) in [6, 6.07) is 5.92. The molecule has 76 valence electrons. The minimum Gasteiger partial charge on any atom is -0.480 e. The zero-order chi connectivity index (χ0) is 10.6. The van der Waals surface area contributed by atoms with E-state index in [0.717, 1.165) is 0 Å². The highest BCUT2D eigenvalue weighted by Crippen LogP contribution is 2.17. The molecule has 0 aliphatic rings. The summed E-state index contributed by atoms with van der Waals surface area (Å²) in [4.78, 5) is 11.0. The monoisotopic (exact) mass is 216 g/mol. The third kappa shape index (κ3) is 2.70. The Morgan fingerprint density at radius 1 is 1.57 bits per heavy atom. The van der Waals surface area contributed by atoms with Gasteiger partial charge in [-0.3, -0.25) is 4.79 Å². The summed E-state index contributed by atoms with van der Waals surface area (Å²) in [6.45, 7) is 1.54. The fourth-order valence-electron chi connectivity index (χ4n) is 0.905. The van der Waals surface area contributed by atoms with Crippen LogP contribution in [0, 0.1) is 5.82 Å². The highest BCUT2D eigenvalue weighted by molar-refractivity contribution is 6.28. The summed E-state index contributed by atoms with van der Waals surface area (Å²) in [5.74, 6) is -0.814. The highest BCUT2D eigenvalue weighted by atomic mass is 35.5. The van der Waals surface area contributed by atoms with Gasteiger partial charge in [0.25, 0.3) is 0 Å². The predicted molar refractivity (Wildman–Crippen MR) is 52.2 cm³/mol. The van der Waals surface area contributed by atoms with Gasteiger partial charge in [-0.1, -0.05) is 12.1 Å². The second-order valence-corrected chi connectivity index (χ2v) is 3.06. The van der Waals surface area contributed by atoms with E-state index < -0.39 is 11.9 Å². The van der Waals surface area contributed by atoms with Crippen LogP contribution in [-0.4, -0.2) is 17.8 Å².